The first kappa shape index (κ1) is 13.0. The highest BCUT2D eigenvalue weighted by atomic mass is 19.1. The molecule has 0 spiro atoms. The molecule has 0 aliphatic carbocycles. The highest BCUT2D eigenvalue weighted by molar-refractivity contribution is 5.37. The van der Waals surface area contributed by atoms with Gasteiger partial charge in [-0.25, -0.2) is 4.39 Å². The Labute approximate surface area is 107 Å². The molecule has 0 amide bonds. The summed E-state index contributed by atoms with van der Waals surface area (Å²) in [5, 5.41) is 9.00. The molecule has 3 nitrogen and oxygen atoms in total. The Morgan fingerprint density at radius 1 is 1.61 bits per heavy atom. The second kappa shape index (κ2) is 5.47. The molecule has 0 saturated carbocycles. The Morgan fingerprint density at radius 3 is 3.00 bits per heavy atom. The molecule has 1 aliphatic rings. The Hall–Kier alpha value is -1.44. The van der Waals surface area contributed by atoms with Gasteiger partial charge in [0.1, 0.15) is 5.82 Å². The van der Waals surface area contributed by atoms with Gasteiger partial charge in [-0.05, 0) is 43.5 Å². The fourth-order valence-corrected chi connectivity index (χ4v) is 2.47. The third-order valence-corrected chi connectivity index (χ3v) is 3.64. The van der Waals surface area contributed by atoms with E-state index in [0.717, 1.165) is 25.1 Å². The van der Waals surface area contributed by atoms with Gasteiger partial charge in [-0.3, -0.25) is 4.90 Å². The van der Waals surface area contributed by atoms with Crippen molar-refractivity contribution in [1.29, 1.82) is 5.26 Å². The molecule has 2 atom stereocenters. The number of nitrogens with zero attached hydrogens (tertiary/aromatic N) is 2. The van der Waals surface area contributed by atoms with Crippen molar-refractivity contribution < 1.29 is 4.39 Å². The van der Waals surface area contributed by atoms with Gasteiger partial charge in [-0.1, -0.05) is 6.07 Å². The number of hydrogen-bond acceptors (Lipinski definition) is 3. The number of nitrogens with two attached hydrogens (primary N) is 1. The van der Waals surface area contributed by atoms with Gasteiger partial charge in [-0.15, -0.1) is 0 Å². The van der Waals surface area contributed by atoms with Gasteiger partial charge in [-0.2, -0.15) is 5.26 Å². The first-order chi connectivity index (χ1) is 8.60. The van der Waals surface area contributed by atoms with Crippen molar-refractivity contribution in [3.8, 4) is 6.07 Å². The van der Waals surface area contributed by atoms with Gasteiger partial charge in [0, 0.05) is 19.1 Å². The SMILES string of the molecule is CC(N)C1CCN(Cc2ccc(F)cc2C#N)C1. The molecule has 2 unspecified atom stereocenters. The van der Waals surface area contributed by atoms with Gasteiger partial charge in [0.15, 0.2) is 0 Å². The van der Waals surface area contributed by atoms with Crippen LogP contribution in [0.3, 0.4) is 0 Å². The largest absolute Gasteiger partial charge is 0.328 e. The van der Waals surface area contributed by atoms with Crippen LogP contribution in [0.1, 0.15) is 24.5 Å². The predicted molar refractivity (Wildman–Crippen MR) is 68.1 cm³/mol. The topological polar surface area (TPSA) is 53.0 Å². The van der Waals surface area contributed by atoms with Crippen LogP contribution in [0.25, 0.3) is 0 Å². The van der Waals surface area contributed by atoms with Gasteiger partial charge < -0.3 is 5.73 Å². The first-order valence-corrected chi connectivity index (χ1v) is 6.26. The van der Waals surface area contributed by atoms with Crippen LogP contribution in [0.2, 0.25) is 0 Å². The molecule has 0 aromatic heterocycles. The van der Waals surface area contributed by atoms with Crippen molar-refractivity contribution in [3.63, 3.8) is 0 Å². The molecule has 18 heavy (non-hydrogen) atoms. The molecule has 96 valence electrons. The third kappa shape index (κ3) is 2.87. The fraction of sp³-hybridized carbons (Fsp3) is 0.500. The summed E-state index contributed by atoms with van der Waals surface area (Å²) >= 11 is 0. The smallest absolute Gasteiger partial charge is 0.124 e. The zero-order valence-corrected chi connectivity index (χ0v) is 10.6. The second-order valence-corrected chi connectivity index (χ2v) is 5.06. The Morgan fingerprint density at radius 2 is 2.39 bits per heavy atom. The van der Waals surface area contributed by atoms with E-state index in [1.807, 2.05) is 6.92 Å². The minimum atomic E-state index is -0.356. The maximum Gasteiger partial charge on any atom is 0.124 e. The number of likely N-dealkylation sites (tertiary alicyclic amines) is 1. The van der Waals surface area contributed by atoms with E-state index in [0.29, 0.717) is 18.0 Å². The summed E-state index contributed by atoms with van der Waals surface area (Å²) in [6.45, 7) is 4.69. The summed E-state index contributed by atoms with van der Waals surface area (Å²) in [4.78, 5) is 2.28. The van der Waals surface area contributed by atoms with Gasteiger partial charge in [0.05, 0.1) is 11.6 Å². The molecule has 4 heteroatoms. The average molecular weight is 247 g/mol. The fourth-order valence-electron chi connectivity index (χ4n) is 2.47. The molecule has 1 fully saturated rings. The summed E-state index contributed by atoms with van der Waals surface area (Å²) in [6, 6.07) is 6.67. The minimum Gasteiger partial charge on any atom is -0.328 e. The van der Waals surface area contributed by atoms with E-state index in [1.54, 1.807) is 6.07 Å². The number of rotatable bonds is 3. The highest BCUT2D eigenvalue weighted by Gasteiger charge is 2.25. The van der Waals surface area contributed by atoms with E-state index in [-0.39, 0.29) is 11.9 Å². The second-order valence-electron chi connectivity index (χ2n) is 5.06. The van der Waals surface area contributed by atoms with Crippen LogP contribution < -0.4 is 5.73 Å². The zero-order valence-electron chi connectivity index (χ0n) is 10.6. The molecule has 1 aromatic rings. The maximum absolute atomic E-state index is 13.0. The van der Waals surface area contributed by atoms with Crippen molar-refractivity contribution in [2.24, 2.45) is 11.7 Å². The molecule has 2 rings (SSSR count). The molecule has 0 bridgehead atoms. The molecular formula is C14H18FN3. The van der Waals surface area contributed by atoms with Gasteiger partial charge >= 0.3 is 0 Å². The lowest BCUT2D eigenvalue weighted by Crippen LogP contribution is -2.29. The van der Waals surface area contributed by atoms with Crippen molar-refractivity contribution >= 4 is 0 Å². The van der Waals surface area contributed by atoms with Crippen LogP contribution in [-0.4, -0.2) is 24.0 Å². The molecule has 1 aliphatic heterocycles. The summed E-state index contributed by atoms with van der Waals surface area (Å²) in [6.07, 6.45) is 1.10. The highest BCUT2D eigenvalue weighted by Crippen LogP contribution is 2.22. The number of nitriles is 1. The van der Waals surface area contributed by atoms with Crippen LogP contribution >= 0.6 is 0 Å². The lowest BCUT2D eigenvalue weighted by atomic mass is 10.0. The molecule has 1 heterocycles. The quantitative estimate of drug-likeness (QED) is 0.887. The van der Waals surface area contributed by atoms with E-state index in [4.69, 9.17) is 11.0 Å². The van der Waals surface area contributed by atoms with Crippen LogP contribution in [0.15, 0.2) is 18.2 Å². The summed E-state index contributed by atoms with van der Waals surface area (Å²) in [5.74, 6) is 0.168. The van der Waals surface area contributed by atoms with Crippen molar-refractivity contribution in [1.82, 2.24) is 4.90 Å². The molecule has 1 aromatic carbocycles. The monoisotopic (exact) mass is 247 g/mol. The van der Waals surface area contributed by atoms with E-state index in [9.17, 15) is 4.39 Å². The third-order valence-electron chi connectivity index (χ3n) is 3.64. The van der Waals surface area contributed by atoms with Crippen molar-refractivity contribution in [2.75, 3.05) is 13.1 Å². The first-order valence-electron chi connectivity index (χ1n) is 6.26. The summed E-state index contributed by atoms with van der Waals surface area (Å²) in [7, 11) is 0. The molecule has 1 saturated heterocycles. The van der Waals surface area contributed by atoms with Crippen LogP contribution in [-0.2, 0) is 6.54 Å². The van der Waals surface area contributed by atoms with Gasteiger partial charge in [0.2, 0.25) is 0 Å². The van der Waals surface area contributed by atoms with Crippen LogP contribution in [0.4, 0.5) is 4.39 Å². The van der Waals surface area contributed by atoms with E-state index < -0.39 is 0 Å². The minimum absolute atomic E-state index is 0.207. The van der Waals surface area contributed by atoms with E-state index >= 15 is 0 Å². The van der Waals surface area contributed by atoms with Crippen LogP contribution in [0, 0.1) is 23.1 Å². The normalized spacial score (nSPS) is 21.8. The molecular weight excluding hydrogens is 229 g/mol. The van der Waals surface area contributed by atoms with Gasteiger partial charge in [0.25, 0.3) is 0 Å². The van der Waals surface area contributed by atoms with E-state index in [1.165, 1.54) is 12.1 Å². The Bertz CT molecular complexity index is 465. The predicted octanol–water partition coefficient (Wildman–Crippen LogP) is 1.87. The number of benzene rings is 1. The summed E-state index contributed by atoms with van der Waals surface area (Å²) < 4.78 is 13.0. The number of halogens is 1. The molecule has 0 radical (unpaired) electrons. The Kier molecular flexibility index (Phi) is 3.95. The maximum atomic E-state index is 13.0. The van der Waals surface area contributed by atoms with Crippen LogP contribution in [0.5, 0.6) is 0 Å². The van der Waals surface area contributed by atoms with Crippen molar-refractivity contribution in [3.05, 3.63) is 35.1 Å². The summed E-state index contributed by atoms with van der Waals surface area (Å²) in [5.41, 5.74) is 7.22. The lowest BCUT2D eigenvalue weighted by molar-refractivity contribution is 0.308. The average Bonchev–Trinajstić information content (AvgIpc) is 2.80. The standard InChI is InChI=1S/C14H18FN3/c1-10(17)11-4-5-18(8-11)9-12-2-3-14(15)6-13(12)7-16/h2-3,6,10-11H,4-5,8-9,17H2,1H3. The Balaban J connectivity index is 2.05. The number of hydrogen-bond donors (Lipinski definition) is 1. The van der Waals surface area contributed by atoms with E-state index in [2.05, 4.69) is 11.0 Å². The lowest BCUT2D eigenvalue weighted by Gasteiger charge is -2.18. The molecule has 2 N–H and O–H groups in total. The van der Waals surface area contributed by atoms with Crippen molar-refractivity contribution in [2.45, 2.75) is 25.9 Å². The zero-order chi connectivity index (χ0) is 13.1.